The zero-order valence-corrected chi connectivity index (χ0v) is 19.5. The van der Waals surface area contributed by atoms with Crippen LogP contribution >= 0.6 is 0 Å². The van der Waals surface area contributed by atoms with Gasteiger partial charge in [-0.25, -0.2) is 4.39 Å². The standard InChI is InChI=1S/C25H23F6N3O3/c1-23(26,21(36)32-13-24(27,28)25(29,30)31)22(37)33-19-17-8-3-2-6-15(17)16-7-4-5-9-18(16)34(20(19)35)12-14-10-11-14/h2-9,14,19H,10-13H2,1H3,(H,32,36)(H,33,37)/t19-,23+/m0/s1. The van der Waals surface area contributed by atoms with Gasteiger partial charge in [0.25, 0.3) is 23.4 Å². The summed E-state index contributed by atoms with van der Waals surface area (Å²) in [6, 6.07) is 12.2. The first-order valence-corrected chi connectivity index (χ1v) is 11.5. The summed E-state index contributed by atoms with van der Waals surface area (Å²) in [5.74, 6) is -9.35. The SMILES string of the molecule is C[C@@](F)(C(=O)NCC(F)(F)C(F)(F)F)C(=O)N[C@@H]1C(=O)N(CC2CC2)c2ccccc2-c2ccccc21. The maximum atomic E-state index is 15.2. The average molecular weight is 527 g/mol. The van der Waals surface area contributed by atoms with Gasteiger partial charge in [-0.3, -0.25) is 14.4 Å². The van der Waals surface area contributed by atoms with Crippen molar-refractivity contribution in [2.24, 2.45) is 5.92 Å². The molecule has 2 atom stereocenters. The number of amides is 3. The van der Waals surface area contributed by atoms with E-state index in [1.54, 1.807) is 48.5 Å². The van der Waals surface area contributed by atoms with Crippen LogP contribution < -0.4 is 15.5 Å². The maximum Gasteiger partial charge on any atom is 0.455 e. The molecule has 198 valence electrons. The van der Waals surface area contributed by atoms with Crippen LogP contribution in [0.4, 0.5) is 32.0 Å². The summed E-state index contributed by atoms with van der Waals surface area (Å²) in [6.45, 7) is -1.49. The van der Waals surface area contributed by atoms with E-state index in [0.29, 0.717) is 35.8 Å². The molecule has 1 heterocycles. The lowest BCUT2D eigenvalue weighted by Gasteiger charge is -2.28. The lowest BCUT2D eigenvalue weighted by atomic mass is 9.94. The Morgan fingerprint density at radius 1 is 0.919 bits per heavy atom. The fourth-order valence-electron chi connectivity index (χ4n) is 4.05. The van der Waals surface area contributed by atoms with Crippen LogP contribution in [0.3, 0.4) is 0 Å². The predicted octanol–water partition coefficient (Wildman–Crippen LogP) is 4.31. The third-order valence-electron chi connectivity index (χ3n) is 6.42. The van der Waals surface area contributed by atoms with Crippen molar-refractivity contribution in [3.63, 3.8) is 0 Å². The topological polar surface area (TPSA) is 78.5 Å². The summed E-state index contributed by atoms with van der Waals surface area (Å²) >= 11 is 0. The summed E-state index contributed by atoms with van der Waals surface area (Å²) in [5, 5.41) is 3.34. The van der Waals surface area contributed by atoms with Crippen molar-refractivity contribution in [2.45, 2.75) is 43.6 Å². The smallest absolute Gasteiger partial charge is 0.346 e. The molecule has 0 spiro atoms. The van der Waals surface area contributed by atoms with Gasteiger partial charge in [-0.1, -0.05) is 42.5 Å². The van der Waals surface area contributed by atoms with Crippen molar-refractivity contribution in [3.05, 3.63) is 54.1 Å². The van der Waals surface area contributed by atoms with E-state index >= 15 is 4.39 Å². The number of halogens is 6. The molecule has 4 rings (SSSR count). The highest BCUT2D eigenvalue weighted by atomic mass is 19.4. The molecular weight excluding hydrogens is 504 g/mol. The molecule has 2 aromatic carbocycles. The Kier molecular flexibility index (Phi) is 6.72. The van der Waals surface area contributed by atoms with E-state index in [9.17, 15) is 36.3 Å². The molecule has 3 amide bonds. The molecule has 1 saturated carbocycles. The second kappa shape index (κ2) is 9.38. The molecule has 0 radical (unpaired) electrons. The largest absolute Gasteiger partial charge is 0.455 e. The quantitative estimate of drug-likeness (QED) is 0.416. The Bertz CT molecular complexity index is 1230. The van der Waals surface area contributed by atoms with Crippen LogP contribution in [0.5, 0.6) is 0 Å². The molecule has 0 saturated heterocycles. The summed E-state index contributed by atoms with van der Waals surface area (Å²) in [6.07, 6.45) is -4.17. The summed E-state index contributed by atoms with van der Waals surface area (Å²) < 4.78 is 78.8. The highest BCUT2D eigenvalue weighted by Gasteiger charge is 2.58. The summed E-state index contributed by atoms with van der Waals surface area (Å²) in [4.78, 5) is 40.2. The number of hydrogen-bond acceptors (Lipinski definition) is 3. The van der Waals surface area contributed by atoms with Crippen LogP contribution in [0.25, 0.3) is 11.1 Å². The van der Waals surface area contributed by atoms with Gasteiger partial charge in [0, 0.05) is 12.1 Å². The summed E-state index contributed by atoms with van der Waals surface area (Å²) in [7, 11) is 0. The molecule has 2 N–H and O–H groups in total. The number of benzene rings is 2. The van der Waals surface area contributed by atoms with Crippen LogP contribution in [0, 0.1) is 5.92 Å². The predicted molar refractivity (Wildman–Crippen MR) is 121 cm³/mol. The first kappa shape index (κ1) is 26.5. The number of nitrogens with one attached hydrogen (secondary N) is 2. The highest BCUT2D eigenvalue weighted by Crippen LogP contribution is 2.42. The van der Waals surface area contributed by atoms with Crippen LogP contribution in [0.15, 0.2) is 48.5 Å². The molecule has 0 bridgehead atoms. The molecule has 1 aliphatic heterocycles. The number of carbonyl (C=O) groups is 3. The minimum Gasteiger partial charge on any atom is -0.346 e. The Balaban J connectivity index is 1.62. The van der Waals surface area contributed by atoms with E-state index in [-0.39, 0.29) is 5.92 Å². The molecular formula is C25H23F6N3O3. The monoisotopic (exact) mass is 527 g/mol. The van der Waals surface area contributed by atoms with Gasteiger partial charge in [0.2, 0.25) is 0 Å². The zero-order valence-electron chi connectivity index (χ0n) is 19.5. The van der Waals surface area contributed by atoms with Crippen molar-refractivity contribution in [1.29, 1.82) is 0 Å². The molecule has 12 heteroatoms. The van der Waals surface area contributed by atoms with Crippen LogP contribution in [-0.4, -0.2) is 48.6 Å². The van der Waals surface area contributed by atoms with Gasteiger partial charge in [-0.05, 0) is 42.9 Å². The molecule has 1 fully saturated rings. The fraction of sp³-hybridized carbons (Fsp3) is 0.400. The van der Waals surface area contributed by atoms with Gasteiger partial charge in [-0.2, -0.15) is 22.0 Å². The number of rotatable bonds is 7. The van der Waals surface area contributed by atoms with Gasteiger partial charge in [0.15, 0.2) is 0 Å². The third-order valence-corrected chi connectivity index (χ3v) is 6.42. The molecule has 2 aliphatic rings. The van der Waals surface area contributed by atoms with Gasteiger partial charge >= 0.3 is 12.1 Å². The normalized spacial score (nSPS) is 19.3. The number of fused-ring (bicyclic) bond motifs is 3. The maximum absolute atomic E-state index is 15.2. The van der Waals surface area contributed by atoms with E-state index in [1.807, 2.05) is 0 Å². The first-order valence-electron chi connectivity index (χ1n) is 11.5. The Morgan fingerprint density at radius 2 is 1.51 bits per heavy atom. The second-order valence-corrected chi connectivity index (χ2v) is 9.29. The Morgan fingerprint density at radius 3 is 2.14 bits per heavy atom. The van der Waals surface area contributed by atoms with E-state index in [2.05, 4.69) is 5.32 Å². The van der Waals surface area contributed by atoms with Crippen LogP contribution in [0.1, 0.15) is 31.4 Å². The Labute approximate surface area is 208 Å². The van der Waals surface area contributed by atoms with E-state index in [0.717, 1.165) is 18.2 Å². The number of carbonyl (C=O) groups excluding carboxylic acids is 3. The Hall–Kier alpha value is -3.57. The van der Waals surface area contributed by atoms with Crippen molar-refractivity contribution >= 4 is 23.4 Å². The van der Waals surface area contributed by atoms with Crippen molar-refractivity contribution in [3.8, 4) is 11.1 Å². The second-order valence-electron chi connectivity index (χ2n) is 9.29. The molecule has 2 aromatic rings. The molecule has 6 nitrogen and oxygen atoms in total. The lowest BCUT2D eigenvalue weighted by molar-refractivity contribution is -0.278. The number of alkyl halides is 6. The van der Waals surface area contributed by atoms with Crippen molar-refractivity contribution in [2.75, 3.05) is 18.0 Å². The van der Waals surface area contributed by atoms with Crippen molar-refractivity contribution in [1.82, 2.24) is 10.6 Å². The van der Waals surface area contributed by atoms with E-state index < -0.39 is 48.1 Å². The minimum atomic E-state index is -5.98. The molecule has 37 heavy (non-hydrogen) atoms. The van der Waals surface area contributed by atoms with Gasteiger partial charge in [0.1, 0.15) is 6.04 Å². The number of anilines is 1. The van der Waals surface area contributed by atoms with Crippen LogP contribution in [0.2, 0.25) is 0 Å². The molecule has 0 unspecified atom stereocenters. The minimum absolute atomic E-state index is 0.238. The fourth-order valence-corrected chi connectivity index (χ4v) is 4.05. The third kappa shape index (κ3) is 5.14. The molecule has 0 aromatic heterocycles. The van der Waals surface area contributed by atoms with Gasteiger partial charge in [0.05, 0.1) is 12.2 Å². The van der Waals surface area contributed by atoms with Crippen LogP contribution in [-0.2, 0) is 14.4 Å². The number of nitrogens with zero attached hydrogens (tertiary/aromatic N) is 1. The number of para-hydroxylation sites is 1. The highest BCUT2D eigenvalue weighted by molar-refractivity contribution is 6.11. The van der Waals surface area contributed by atoms with E-state index in [1.165, 1.54) is 4.90 Å². The first-order chi connectivity index (χ1) is 17.2. The van der Waals surface area contributed by atoms with Crippen molar-refractivity contribution < 1.29 is 40.7 Å². The number of hydrogen-bond donors (Lipinski definition) is 2. The zero-order chi connectivity index (χ0) is 27.2. The van der Waals surface area contributed by atoms with E-state index in [4.69, 9.17) is 0 Å². The van der Waals surface area contributed by atoms with Gasteiger partial charge < -0.3 is 15.5 Å². The summed E-state index contributed by atoms with van der Waals surface area (Å²) in [5.41, 5.74) is -1.40. The average Bonchev–Trinajstić information content (AvgIpc) is 3.67. The van der Waals surface area contributed by atoms with Gasteiger partial charge in [-0.15, -0.1) is 0 Å². The molecule has 1 aliphatic carbocycles. The lowest BCUT2D eigenvalue weighted by Crippen LogP contribution is -2.57.